The second-order valence-corrected chi connectivity index (χ2v) is 6.09. The zero-order valence-electron chi connectivity index (χ0n) is 12.5. The van der Waals surface area contributed by atoms with E-state index in [0.29, 0.717) is 5.56 Å². The minimum atomic E-state index is -1.52. The predicted molar refractivity (Wildman–Crippen MR) is 77.5 cm³/mol. The van der Waals surface area contributed by atoms with Gasteiger partial charge in [0.05, 0.1) is 10.5 Å². The zero-order chi connectivity index (χ0) is 16.7. The van der Waals surface area contributed by atoms with Gasteiger partial charge in [0, 0.05) is 18.0 Å². The van der Waals surface area contributed by atoms with Gasteiger partial charge in [0.1, 0.15) is 0 Å². The minimum absolute atomic E-state index is 0.00874. The Labute approximate surface area is 126 Å². The molecular formula is C15H16N2O5. The van der Waals surface area contributed by atoms with E-state index in [1.54, 1.807) is 20.8 Å². The fourth-order valence-corrected chi connectivity index (χ4v) is 2.56. The smallest absolute Gasteiger partial charge is 0.280 e. The SMILES string of the molecule is Cc1ccc(C(=O)C2C(=O)CC(C)(C)NC2=O)c([N+](=O)[O-])c1. The number of nitrogens with zero attached hydrogens (tertiary/aromatic N) is 1. The van der Waals surface area contributed by atoms with Crippen LogP contribution in [0.5, 0.6) is 0 Å². The van der Waals surface area contributed by atoms with Crippen LogP contribution in [0.2, 0.25) is 0 Å². The highest BCUT2D eigenvalue weighted by Crippen LogP contribution is 2.27. The first-order valence-corrected chi connectivity index (χ1v) is 6.76. The molecule has 0 spiro atoms. The Hall–Kier alpha value is -2.57. The summed E-state index contributed by atoms with van der Waals surface area (Å²) < 4.78 is 0. The Kier molecular flexibility index (Phi) is 3.83. The van der Waals surface area contributed by atoms with E-state index in [-0.39, 0.29) is 12.0 Å². The molecule has 0 aliphatic carbocycles. The first kappa shape index (κ1) is 15.8. The van der Waals surface area contributed by atoms with Crippen molar-refractivity contribution in [1.29, 1.82) is 0 Å². The zero-order valence-corrected chi connectivity index (χ0v) is 12.5. The van der Waals surface area contributed by atoms with Gasteiger partial charge >= 0.3 is 0 Å². The molecular weight excluding hydrogens is 288 g/mol. The van der Waals surface area contributed by atoms with Gasteiger partial charge in [0.15, 0.2) is 17.5 Å². The molecule has 116 valence electrons. The van der Waals surface area contributed by atoms with Crippen molar-refractivity contribution >= 4 is 23.2 Å². The van der Waals surface area contributed by atoms with E-state index >= 15 is 0 Å². The van der Waals surface area contributed by atoms with Crippen LogP contribution in [-0.4, -0.2) is 27.9 Å². The number of rotatable bonds is 3. The summed E-state index contributed by atoms with van der Waals surface area (Å²) in [5, 5.41) is 13.7. The number of hydrogen-bond donors (Lipinski definition) is 1. The lowest BCUT2D eigenvalue weighted by Gasteiger charge is -2.33. The standard InChI is InChI=1S/C15H16N2O5/c1-8-4-5-9(10(6-8)17(21)22)13(19)12-11(18)7-15(2,3)16-14(12)20/h4-6,12H,7H2,1-3H3,(H,16,20). The van der Waals surface area contributed by atoms with Gasteiger partial charge in [0.25, 0.3) is 5.69 Å². The molecule has 1 aliphatic heterocycles. The Bertz CT molecular complexity index is 673. The molecule has 1 saturated heterocycles. The summed E-state index contributed by atoms with van der Waals surface area (Å²) in [6, 6.07) is 4.08. The average molecular weight is 304 g/mol. The molecule has 1 atom stereocenters. The fraction of sp³-hybridized carbons (Fsp3) is 0.400. The number of Topliss-reactive ketones (excluding diaryl/α,β-unsaturated/α-hetero) is 2. The number of carbonyl (C=O) groups excluding carboxylic acids is 3. The summed E-state index contributed by atoms with van der Waals surface area (Å²) in [7, 11) is 0. The van der Waals surface area contributed by atoms with Crippen LogP contribution in [0.1, 0.15) is 36.2 Å². The van der Waals surface area contributed by atoms with Crippen LogP contribution >= 0.6 is 0 Å². The van der Waals surface area contributed by atoms with Gasteiger partial charge < -0.3 is 5.32 Å². The van der Waals surface area contributed by atoms with Crippen molar-refractivity contribution in [3.63, 3.8) is 0 Å². The maximum Gasteiger partial charge on any atom is 0.280 e. The maximum atomic E-state index is 12.5. The third-order valence-corrected chi connectivity index (χ3v) is 3.54. The summed E-state index contributed by atoms with van der Waals surface area (Å²) >= 11 is 0. The number of nitro benzene ring substituents is 1. The molecule has 0 saturated carbocycles. The van der Waals surface area contributed by atoms with Crippen LogP contribution in [0.4, 0.5) is 5.69 Å². The van der Waals surface area contributed by atoms with Gasteiger partial charge in [-0.05, 0) is 32.4 Å². The molecule has 7 nitrogen and oxygen atoms in total. The van der Waals surface area contributed by atoms with E-state index in [1.165, 1.54) is 18.2 Å². The molecule has 1 fully saturated rings. The lowest BCUT2D eigenvalue weighted by Crippen LogP contribution is -2.56. The van der Waals surface area contributed by atoms with E-state index in [1.807, 2.05) is 0 Å². The van der Waals surface area contributed by atoms with Gasteiger partial charge in [-0.2, -0.15) is 0 Å². The highest BCUT2D eigenvalue weighted by molar-refractivity contribution is 6.25. The number of hydrogen-bond acceptors (Lipinski definition) is 5. The van der Waals surface area contributed by atoms with E-state index in [0.717, 1.165) is 0 Å². The monoisotopic (exact) mass is 304 g/mol. The van der Waals surface area contributed by atoms with E-state index in [4.69, 9.17) is 0 Å². The average Bonchev–Trinajstić information content (AvgIpc) is 2.35. The molecule has 1 aromatic carbocycles. The molecule has 1 amide bonds. The number of aryl methyl sites for hydroxylation is 1. The van der Waals surface area contributed by atoms with Crippen molar-refractivity contribution in [2.45, 2.75) is 32.7 Å². The van der Waals surface area contributed by atoms with Crippen molar-refractivity contribution in [1.82, 2.24) is 5.32 Å². The third kappa shape index (κ3) is 2.88. The quantitative estimate of drug-likeness (QED) is 0.395. The normalized spacial score (nSPS) is 20.4. The van der Waals surface area contributed by atoms with Crippen LogP contribution in [0, 0.1) is 23.0 Å². The number of nitro groups is 1. The highest BCUT2D eigenvalue weighted by atomic mass is 16.6. The van der Waals surface area contributed by atoms with Crippen LogP contribution in [-0.2, 0) is 9.59 Å². The summed E-state index contributed by atoms with van der Waals surface area (Å²) in [5.41, 5.74) is -0.715. The fourth-order valence-electron chi connectivity index (χ4n) is 2.56. The molecule has 7 heteroatoms. The minimum Gasteiger partial charge on any atom is -0.350 e. The van der Waals surface area contributed by atoms with Crippen molar-refractivity contribution in [2.24, 2.45) is 5.92 Å². The maximum absolute atomic E-state index is 12.5. The van der Waals surface area contributed by atoms with E-state index in [9.17, 15) is 24.5 Å². The van der Waals surface area contributed by atoms with Gasteiger partial charge in [-0.1, -0.05) is 6.07 Å². The number of ketones is 2. The molecule has 1 aromatic rings. The molecule has 1 aliphatic rings. The second-order valence-electron chi connectivity index (χ2n) is 6.09. The third-order valence-electron chi connectivity index (χ3n) is 3.54. The van der Waals surface area contributed by atoms with Gasteiger partial charge in [-0.15, -0.1) is 0 Å². The topological polar surface area (TPSA) is 106 Å². The van der Waals surface area contributed by atoms with E-state index < -0.39 is 39.5 Å². The molecule has 0 radical (unpaired) electrons. The van der Waals surface area contributed by atoms with Crippen molar-refractivity contribution in [3.8, 4) is 0 Å². The van der Waals surface area contributed by atoms with Gasteiger partial charge in [-0.25, -0.2) is 0 Å². The van der Waals surface area contributed by atoms with Crippen molar-refractivity contribution in [2.75, 3.05) is 0 Å². The predicted octanol–water partition coefficient (Wildman–Crippen LogP) is 1.57. The Morgan fingerprint density at radius 2 is 2.00 bits per heavy atom. The molecule has 1 heterocycles. The van der Waals surface area contributed by atoms with Crippen LogP contribution < -0.4 is 5.32 Å². The first-order valence-electron chi connectivity index (χ1n) is 6.76. The molecule has 0 bridgehead atoms. The molecule has 1 unspecified atom stereocenters. The largest absolute Gasteiger partial charge is 0.350 e. The van der Waals surface area contributed by atoms with Crippen LogP contribution in [0.25, 0.3) is 0 Å². The number of piperidine rings is 1. The van der Waals surface area contributed by atoms with Crippen molar-refractivity contribution in [3.05, 3.63) is 39.4 Å². The van der Waals surface area contributed by atoms with Crippen LogP contribution in [0.15, 0.2) is 18.2 Å². The van der Waals surface area contributed by atoms with Crippen molar-refractivity contribution < 1.29 is 19.3 Å². The Balaban J connectivity index is 2.43. The highest BCUT2D eigenvalue weighted by Gasteiger charge is 2.44. The van der Waals surface area contributed by atoms with E-state index in [2.05, 4.69) is 5.32 Å². The number of nitrogens with one attached hydrogen (secondary N) is 1. The Morgan fingerprint density at radius 1 is 1.36 bits per heavy atom. The summed E-state index contributed by atoms with van der Waals surface area (Å²) in [4.78, 5) is 47.1. The summed E-state index contributed by atoms with van der Waals surface area (Å²) in [6.07, 6.45) is 0.00874. The number of benzene rings is 1. The molecule has 0 aromatic heterocycles. The molecule has 1 N–H and O–H groups in total. The number of carbonyl (C=O) groups is 3. The summed E-state index contributed by atoms with van der Waals surface area (Å²) in [6.45, 7) is 5.01. The molecule has 2 rings (SSSR count). The molecule has 22 heavy (non-hydrogen) atoms. The lowest BCUT2D eigenvalue weighted by atomic mass is 9.81. The number of amides is 1. The van der Waals surface area contributed by atoms with Gasteiger partial charge in [-0.3, -0.25) is 24.5 Å². The first-order chi connectivity index (χ1) is 10.1. The summed E-state index contributed by atoms with van der Waals surface area (Å²) in [5.74, 6) is -3.58. The Morgan fingerprint density at radius 3 is 2.55 bits per heavy atom. The second kappa shape index (κ2) is 5.32. The lowest BCUT2D eigenvalue weighted by molar-refractivity contribution is -0.385. The van der Waals surface area contributed by atoms with Gasteiger partial charge in [0.2, 0.25) is 5.91 Å². The van der Waals surface area contributed by atoms with Crippen LogP contribution in [0.3, 0.4) is 0 Å².